The molecule has 1 aromatic rings. The zero-order chi connectivity index (χ0) is 18.4. The molecule has 2 rings (SSSR count). The highest BCUT2D eigenvalue weighted by Gasteiger charge is 2.33. The monoisotopic (exact) mass is 365 g/mol. The van der Waals surface area contributed by atoms with Crippen LogP contribution in [0.1, 0.15) is 6.92 Å². The van der Waals surface area contributed by atoms with E-state index in [0.717, 1.165) is 0 Å². The highest BCUT2D eigenvalue weighted by atomic mass is 32.2. The molecule has 1 saturated heterocycles. The van der Waals surface area contributed by atoms with Crippen LogP contribution >= 0.6 is 0 Å². The van der Waals surface area contributed by atoms with Gasteiger partial charge in [-0.2, -0.15) is 4.31 Å². The van der Waals surface area contributed by atoms with Crippen molar-refractivity contribution in [3.8, 4) is 0 Å². The summed E-state index contributed by atoms with van der Waals surface area (Å²) in [7, 11) is -3.98. The Hall–Kier alpha value is -2.52. The number of piperazine rings is 1. The molecule has 134 valence electrons. The van der Waals surface area contributed by atoms with Crippen molar-refractivity contribution < 1.29 is 18.1 Å². The Morgan fingerprint density at radius 1 is 1.16 bits per heavy atom. The molecule has 1 amide bonds. The quantitative estimate of drug-likeness (QED) is 0.341. The van der Waals surface area contributed by atoms with Crippen molar-refractivity contribution >= 4 is 21.6 Å². The molecule has 0 spiro atoms. The number of hydrogen-bond donors (Lipinski definition) is 0. The molecule has 1 heterocycles. The fourth-order valence-electron chi connectivity index (χ4n) is 2.47. The lowest BCUT2D eigenvalue weighted by molar-refractivity contribution is -0.387. The zero-order valence-corrected chi connectivity index (χ0v) is 14.6. The van der Waals surface area contributed by atoms with E-state index in [1.54, 1.807) is 23.1 Å². The van der Waals surface area contributed by atoms with Gasteiger partial charge in [0.1, 0.15) is 0 Å². The molecule has 0 radical (unpaired) electrons. The molecule has 0 bridgehead atoms. The van der Waals surface area contributed by atoms with E-state index in [2.05, 4.69) is 0 Å². The lowest BCUT2D eigenvalue weighted by Crippen LogP contribution is -2.50. The summed E-state index contributed by atoms with van der Waals surface area (Å²) in [6.45, 7) is 2.49. The number of para-hydroxylation sites is 1. The lowest BCUT2D eigenvalue weighted by Gasteiger charge is -2.33. The maximum Gasteiger partial charge on any atom is 0.289 e. The maximum atomic E-state index is 12.7. The standard InChI is InChI=1S/C16H19N3O5S/c1-2-3-4-9-16(20)17-10-12-18(13-11-17)25(23,24)15-8-6-5-7-14(15)19(21)22/h2-9H,10-13H2,1H3/b3-2+,9-4+. The first-order chi connectivity index (χ1) is 11.9. The van der Waals surface area contributed by atoms with Gasteiger partial charge in [-0.1, -0.05) is 30.4 Å². The van der Waals surface area contributed by atoms with Gasteiger partial charge in [-0.05, 0) is 13.0 Å². The molecular weight excluding hydrogens is 346 g/mol. The molecule has 8 nitrogen and oxygen atoms in total. The van der Waals surface area contributed by atoms with Crippen molar-refractivity contribution in [2.75, 3.05) is 26.2 Å². The number of carbonyl (C=O) groups excluding carboxylic acids is 1. The molecule has 0 saturated carbocycles. The Labute approximate surface area is 146 Å². The zero-order valence-electron chi connectivity index (χ0n) is 13.7. The minimum absolute atomic E-state index is 0.0948. The third-order valence-corrected chi connectivity index (χ3v) is 5.72. The van der Waals surface area contributed by atoms with E-state index in [1.165, 1.54) is 34.6 Å². The molecule has 1 fully saturated rings. The van der Waals surface area contributed by atoms with Gasteiger partial charge in [0.15, 0.2) is 4.90 Å². The predicted molar refractivity (Wildman–Crippen MR) is 92.4 cm³/mol. The first kappa shape index (κ1) is 18.8. The smallest absolute Gasteiger partial charge is 0.289 e. The van der Waals surface area contributed by atoms with Gasteiger partial charge in [0.25, 0.3) is 5.69 Å². The average molecular weight is 365 g/mol. The number of nitro groups is 1. The molecule has 25 heavy (non-hydrogen) atoms. The fraction of sp³-hybridized carbons (Fsp3) is 0.312. The second kappa shape index (κ2) is 8.04. The van der Waals surface area contributed by atoms with Crippen molar-refractivity contribution in [2.45, 2.75) is 11.8 Å². The van der Waals surface area contributed by atoms with E-state index in [0.29, 0.717) is 0 Å². The Balaban J connectivity index is 2.12. The minimum atomic E-state index is -3.98. The third-order valence-electron chi connectivity index (χ3n) is 3.77. The number of sulfonamides is 1. The van der Waals surface area contributed by atoms with Crippen LogP contribution in [0.15, 0.2) is 53.5 Å². The van der Waals surface area contributed by atoms with Crippen molar-refractivity contribution in [2.24, 2.45) is 0 Å². The van der Waals surface area contributed by atoms with Crippen LogP contribution in [0.4, 0.5) is 5.69 Å². The molecule has 9 heteroatoms. The number of amides is 1. The van der Waals surface area contributed by atoms with Crippen LogP contribution in [0.5, 0.6) is 0 Å². The van der Waals surface area contributed by atoms with Gasteiger partial charge in [-0.15, -0.1) is 0 Å². The van der Waals surface area contributed by atoms with Crippen molar-refractivity contribution in [3.05, 3.63) is 58.7 Å². The summed E-state index contributed by atoms with van der Waals surface area (Å²) in [6, 6.07) is 5.26. The largest absolute Gasteiger partial charge is 0.337 e. The van der Waals surface area contributed by atoms with E-state index in [9.17, 15) is 23.3 Å². The number of carbonyl (C=O) groups is 1. The summed E-state index contributed by atoms with van der Waals surface area (Å²) in [4.78, 5) is 23.6. The summed E-state index contributed by atoms with van der Waals surface area (Å²) in [5.41, 5.74) is -0.449. The SMILES string of the molecule is C/C=C/C=C/C(=O)N1CCN(S(=O)(=O)c2ccccc2[N+](=O)[O-])CC1. The molecule has 1 aromatic carbocycles. The Morgan fingerprint density at radius 2 is 1.80 bits per heavy atom. The highest BCUT2D eigenvalue weighted by Crippen LogP contribution is 2.26. The van der Waals surface area contributed by atoms with Gasteiger partial charge in [0, 0.05) is 38.3 Å². The summed E-state index contributed by atoms with van der Waals surface area (Å²) in [5, 5.41) is 11.1. The minimum Gasteiger partial charge on any atom is -0.337 e. The van der Waals surface area contributed by atoms with Crippen LogP contribution in [0.25, 0.3) is 0 Å². The topological polar surface area (TPSA) is 101 Å². The van der Waals surface area contributed by atoms with Crippen LogP contribution in [0.2, 0.25) is 0 Å². The molecule has 1 aliphatic rings. The number of rotatable bonds is 5. The van der Waals surface area contributed by atoms with Gasteiger partial charge in [-0.25, -0.2) is 8.42 Å². The average Bonchev–Trinajstić information content (AvgIpc) is 2.62. The van der Waals surface area contributed by atoms with E-state index in [1.807, 2.05) is 6.92 Å². The fourth-order valence-corrected chi connectivity index (χ4v) is 4.05. The van der Waals surface area contributed by atoms with Crippen LogP contribution in [-0.4, -0.2) is 54.6 Å². The van der Waals surface area contributed by atoms with Crippen LogP contribution < -0.4 is 0 Å². The molecule has 0 atom stereocenters. The van der Waals surface area contributed by atoms with Gasteiger partial charge in [0.2, 0.25) is 15.9 Å². The normalized spacial score (nSPS) is 16.6. The molecule has 0 aliphatic carbocycles. The van der Waals surface area contributed by atoms with E-state index in [4.69, 9.17) is 0 Å². The number of nitro benzene ring substituents is 1. The van der Waals surface area contributed by atoms with Crippen molar-refractivity contribution in [1.29, 1.82) is 0 Å². The second-order valence-electron chi connectivity index (χ2n) is 5.34. The summed E-state index contributed by atoms with van der Waals surface area (Å²) < 4.78 is 26.6. The van der Waals surface area contributed by atoms with Crippen LogP contribution in [0.3, 0.4) is 0 Å². The summed E-state index contributed by atoms with van der Waals surface area (Å²) >= 11 is 0. The van der Waals surface area contributed by atoms with E-state index < -0.39 is 20.6 Å². The molecular formula is C16H19N3O5S. The number of benzene rings is 1. The first-order valence-corrected chi connectivity index (χ1v) is 9.13. The van der Waals surface area contributed by atoms with Crippen LogP contribution in [0, 0.1) is 10.1 Å². The van der Waals surface area contributed by atoms with E-state index >= 15 is 0 Å². The molecule has 0 aromatic heterocycles. The highest BCUT2D eigenvalue weighted by molar-refractivity contribution is 7.89. The third kappa shape index (κ3) is 4.31. The predicted octanol–water partition coefficient (Wildman–Crippen LogP) is 1.56. The Morgan fingerprint density at radius 3 is 2.40 bits per heavy atom. The first-order valence-electron chi connectivity index (χ1n) is 7.69. The Kier molecular flexibility index (Phi) is 6.05. The Bertz CT molecular complexity index is 809. The second-order valence-corrected chi connectivity index (χ2v) is 7.25. The van der Waals surface area contributed by atoms with Gasteiger partial charge in [0.05, 0.1) is 4.92 Å². The van der Waals surface area contributed by atoms with Crippen molar-refractivity contribution in [1.82, 2.24) is 9.21 Å². The summed E-state index contributed by atoms with van der Waals surface area (Å²) in [6.07, 6.45) is 6.57. The number of allylic oxidation sites excluding steroid dienone is 3. The summed E-state index contributed by atoms with van der Waals surface area (Å²) in [5.74, 6) is -0.194. The van der Waals surface area contributed by atoms with Gasteiger partial charge < -0.3 is 4.90 Å². The number of nitrogens with zero attached hydrogens (tertiary/aromatic N) is 3. The number of hydrogen-bond acceptors (Lipinski definition) is 5. The van der Waals surface area contributed by atoms with Gasteiger partial charge >= 0.3 is 0 Å². The van der Waals surface area contributed by atoms with Crippen LogP contribution in [-0.2, 0) is 14.8 Å². The lowest BCUT2D eigenvalue weighted by atomic mass is 10.3. The maximum absolute atomic E-state index is 12.7. The molecule has 0 N–H and O–H groups in total. The molecule has 1 aliphatic heterocycles. The van der Waals surface area contributed by atoms with Gasteiger partial charge in [-0.3, -0.25) is 14.9 Å². The molecule has 0 unspecified atom stereocenters. The van der Waals surface area contributed by atoms with Crippen molar-refractivity contribution in [3.63, 3.8) is 0 Å². The van der Waals surface area contributed by atoms with E-state index in [-0.39, 0.29) is 37.0 Å².